The van der Waals surface area contributed by atoms with Crippen LogP contribution in [0.25, 0.3) is 0 Å². The number of carbonyl (C=O) groups excluding carboxylic acids is 1. The highest BCUT2D eigenvalue weighted by Gasteiger charge is 2.39. The molecule has 0 aromatic heterocycles. The third kappa shape index (κ3) is 2.90. The highest BCUT2D eigenvalue weighted by molar-refractivity contribution is 6.53. The van der Waals surface area contributed by atoms with Crippen molar-refractivity contribution in [2.75, 3.05) is 6.54 Å². The van der Waals surface area contributed by atoms with Crippen LogP contribution in [0, 0.1) is 5.41 Å². The summed E-state index contributed by atoms with van der Waals surface area (Å²) in [7, 11) is 0. The Kier molecular flexibility index (Phi) is 4.12. The molecule has 0 N–H and O–H groups in total. The largest absolute Gasteiger partial charge is 0.332 e. The zero-order valence-corrected chi connectivity index (χ0v) is 13.0. The van der Waals surface area contributed by atoms with Crippen molar-refractivity contribution >= 4 is 29.1 Å². The molecule has 1 aromatic rings. The lowest BCUT2D eigenvalue weighted by molar-refractivity contribution is -0.134. The Morgan fingerprint density at radius 2 is 1.95 bits per heavy atom. The molecule has 1 aliphatic heterocycles. The fourth-order valence-electron chi connectivity index (χ4n) is 2.86. The number of rotatable bonds is 1. The number of fused-ring (bicyclic) bond motifs is 1. The van der Waals surface area contributed by atoms with Crippen LogP contribution in [-0.2, 0) is 11.2 Å². The van der Waals surface area contributed by atoms with Crippen molar-refractivity contribution in [2.45, 2.75) is 38.1 Å². The fourth-order valence-corrected chi connectivity index (χ4v) is 3.11. The molecule has 19 heavy (non-hydrogen) atoms. The Morgan fingerprint density at radius 1 is 1.32 bits per heavy atom. The first kappa shape index (κ1) is 14.7. The van der Waals surface area contributed by atoms with E-state index in [9.17, 15) is 4.79 Å². The Morgan fingerprint density at radius 3 is 2.53 bits per heavy atom. The Balaban J connectivity index is 2.46. The molecule has 0 spiro atoms. The smallest absolute Gasteiger partial charge is 0.256 e. The van der Waals surface area contributed by atoms with Gasteiger partial charge < -0.3 is 4.90 Å². The molecule has 0 radical (unpaired) electrons. The number of hydrogen-bond donors (Lipinski definition) is 0. The van der Waals surface area contributed by atoms with E-state index in [1.165, 1.54) is 11.1 Å². The van der Waals surface area contributed by atoms with Crippen LogP contribution < -0.4 is 0 Å². The van der Waals surface area contributed by atoms with Gasteiger partial charge in [-0.3, -0.25) is 4.79 Å². The van der Waals surface area contributed by atoms with E-state index in [4.69, 9.17) is 23.2 Å². The normalized spacial score (nSPS) is 19.5. The maximum atomic E-state index is 12.2. The summed E-state index contributed by atoms with van der Waals surface area (Å²) in [5, 5.41) is 0. The summed E-state index contributed by atoms with van der Waals surface area (Å²) in [6.07, 6.45) is 0.856. The summed E-state index contributed by atoms with van der Waals surface area (Å²) in [5.74, 6) is -0.197. The highest BCUT2D eigenvalue weighted by atomic mass is 35.5. The molecule has 2 nitrogen and oxygen atoms in total. The van der Waals surface area contributed by atoms with Gasteiger partial charge in [-0.15, -0.1) is 0 Å². The first-order chi connectivity index (χ1) is 8.82. The topological polar surface area (TPSA) is 20.3 Å². The number of halogens is 2. The van der Waals surface area contributed by atoms with Crippen molar-refractivity contribution < 1.29 is 4.79 Å². The lowest BCUT2D eigenvalue weighted by Gasteiger charge is -2.44. The number of carbonyl (C=O) groups is 1. The molecular formula is C15H19Cl2NO. The molecule has 1 unspecified atom stereocenters. The van der Waals surface area contributed by atoms with Gasteiger partial charge in [0.05, 0.1) is 6.04 Å². The predicted octanol–water partition coefficient (Wildman–Crippen LogP) is 3.96. The molecule has 0 fully saturated rings. The van der Waals surface area contributed by atoms with Crippen molar-refractivity contribution in [1.29, 1.82) is 0 Å². The third-order valence-electron chi connectivity index (χ3n) is 3.57. The van der Waals surface area contributed by atoms with E-state index in [0.29, 0.717) is 6.54 Å². The molecule has 0 aliphatic carbocycles. The molecular weight excluding hydrogens is 281 g/mol. The summed E-state index contributed by atoms with van der Waals surface area (Å²) in [6, 6.07) is 8.31. The van der Waals surface area contributed by atoms with Crippen LogP contribution in [0.4, 0.5) is 0 Å². The summed E-state index contributed by atoms with van der Waals surface area (Å²) >= 11 is 11.6. The maximum Gasteiger partial charge on any atom is 0.256 e. The first-order valence-electron chi connectivity index (χ1n) is 6.49. The van der Waals surface area contributed by atoms with Gasteiger partial charge in [-0.05, 0) is 23.0 Å². The Hall–Kier alpha value is -0.730. The minimum absolute atomic E-state index is 0.0185. The van der Waals surface area contributed by atoms with Crippen LogP contribution >= 0.6 is 23.2 Å². The van der Waals surface area contributed by atoms with Gasteiger partial charge in [-0.1, -0.05) is 68.2 Å². The van der Waals surface area contributed by atoms with Gasteiger partial charge in [0.25, 0.3) is 5.91 Å². The van der Waals surface area contributed by atoms with Crippen molar-refractivity contribution in [3.63, 3.8) is 0 Å². The Labute approximate surface area is 124 Å². The molecule has 0 saturated heterocycles. The molecule has 2 rings (SSSR count). The standard InChI is InChI=1S/C15H19Cl2NO/c1-15(2,3)12-11-7-5-4-6-10(11)8-9-18(12)14(19)13(16)17/h4-7,12-13H,8-9H2,1-3H3. The van der Waals surface area contributed by atoms with Crippen LogP contribution in [0.15, 0.2) is 24.3 Å². The van der Waals surface area contributed by atoms with E-state index in [2.05, 4.69) is 32.9 Å². The molecule has 0 saturated carbocycles. The van der Waals surface area contributed by atoms with Crippen molar-refractivity contribution in [3.05, 3.63) is 35.4 Å². The molecule has 1 atom stereocenters. The highest BCUT2D eigenvalue weighted by Crippen LogP contribution is 2.42. The van der Waals surface area contributed by atoms with E-state index in [-0.39, 0.29) is 17.4 Å². The number of nitrogens with zero attached hydrogens (tertiary/aromatic N) is 1. The molecule has 1 aromatic carbocycles. The van der Waals surface area contributed by atoms with Crippen molar-refractivity contribution in [3.8, 4) is 0 Å². The van der Waals surface area contributed by atoms with Gasteiger partial charge >= 0.3 is 0 Å². The molecule has 1 amide bonds. The summed E-state index contributed by atoms with van der Waals surface area (Å²) in [5.41, 5.74) is 2.46. The third-order valence-corrected chi connectivity index (χ3v) is 3.95. The molecule has 104 valence electrons. The second-order valence-electron chi connectivity index (χ2n) is 6.05. The minimum Gasteiger partial charge on any atom is -0.332 e. The molecule has 0 bridgehead atoms. The second kappa shape index (κ2) is 5.34. The SMILES string of the molecule is CC(C)(C)C1c2ccccc2CCN1C(=O)C(Cl)Cl. The number of hydrogen-bond acceptors (Lipinski definition) is 1. The summed E-state index contributed by atoms with van der Waals surface area (Å²) in [6.45, 7) is 7.08. The lowest BCUT2D eigenvalue weighted by Crippen LogP contribution is -2.47. The summed E-state index contributed by atoms with van der Waals surface area (Å²) < 4.78 is 0. The quantitative estimate of drug-likeness (QED) is 0.719. The van der Waals surface area contributed by atoms with Gasteiger partial charge in [0.15, 0.2) is 4.84 Å². The van der Waals surface area contributed by atoms with Gasteiger partial charge in [0.2, 0.25) is 0 Å². The van der Waals surface area contributed by atoms with Crippen LogP contribution in [0.5, 0.6) is 0 Å². The van der Waals surface area contributed by atoms with E-state index in [1.54, 1.807) is 0 Å². The van der Waals surface area contributed by atoms with E-state index >= 15 is 0 Å². The van der Waals surface area contributed by atoms with Gasteiger partial charge in [-0.25, -0.2) is 0 Å². The molecule has 1 heterocycles. The number of benzene rings is 1. The van der Waals surface area contributed by atoms with Crippen molar-refractivity contribution in [2.24, 2.45) is 5.41 Å². The zero-order chi connectivity index (χ0) is 14.2. The van der Waals surface area contributed by atoms with Crippen LogP contribution in [0.2, 0.25) is 0 Å². The monoisotopic (exact) mass is 299 g/mol. The number of alkyl halides is 2. The number of amides is 1. The average molecular weight is 300 g/mol. The van der Waals surface area contributed by atoms with E-state index < -0.39 is 4.84 Å². The second-order valence-corrected chi connectivity index (χ2v) is 7.15. The van der Waals surface area contributed by atoms with Crippen LogP contribution in [-0.4, -0.2) is 22.2 Å². The molecule has 4 heteroatoms. The van der Waals surface area contributed by atoms with E-state index in [1.807, 2.05) is 17.0 Å². The maximum absolute atomic E-state index is 12.2. The zero-order valence-electron chi connectivity index (χ0n) is 11.5. The lowest BCUT2D eigenvalue weighted by atomic mass is 9.77. The van der Waals surface area contributed by atoms with E-state index in [0.717, 1.165) is 6.42 Å². The summed E-state index contributed by atoms with van der Waals surface area (Å²) in [4.78, 5) is 13.1. The van der Waals surface area contributed by atoms with Crippen LogP contribution in [0.1, 0.15) is 37.9 Å². The average Bonchev–Trinajstić information content (AvgIpc) is 2.35. The first-order valence-corrected chi connectivity index (χ1v) is 7.36. The van der Waals surface area contributed by atoms with Crippen molar-refractivity contribution in [1.82, 2.24) is 4.90 Å². The molecule has 1 aliphatic rings. The fraction of sp³-hybridized carbons (Fsp3) is 0.533. The van der Waals surface area contributed by atoms with Gasteiger partial charge in [0, 0.05) is 6.54 Å². The predicted molar refractivity (Wildman–Crippen MR) is 79.5 cm³/mol. The van der Waals surface area contributed by atoms with Gasteiger partial charge in [0.1, 0.15) is 0 Å². The minimum atomic E-state index is -0.991. The Bertz CT molecular complexity index is 479. The van der Waals surface area contributed by atoms with Crippen LogP contribution in [0.3, 0.4) is 0 Å². The van der Waals surface area contributed by atoms with Gasteiger partial charge in [-0.2, -0.15) is 0 Å².